The summed E-state index contributed by atoms with van der Waals surface area (Å²) < 4.78 is 10.9. The Balaban J connectivity index is 1.63. The molecule has 164 valence electrons. The molecule has 0 aromatic heterocycles. The first-order chi connectivity index (χ1) is 14.9. The van der Waals surface area contributed by atoms with Crippen LogP contribution in [-0.2, 0) is 14.3 Å². The highest BCUT2D eigenvalue weighted by Crippen LogP contribution is 2.35. The molecule has 0 bridgehead atoms. The van der Waals surface area contributed by atoms with Crippen molar-refractivity contribution in [2.75, 3.05) is 6.61 Å². The van der Waals surface area contributed by atoms with E-state index in [2.05, 4.69) is 20.8 Å². The van der Waals surface area contributed by atoms with E-state index in [1.165, 1.54) is 6.07 Å². The predicted molar refractivity (Wildman–Crippen MR) is 118 cm³/mol. The summed E-state index contributed by atoms with van der Waals surface area (Å²) in [6.07, 6.45) is 2.85. The smallest absolute Gasteiger partial charge is 0.344 e. The molecule has 0 amide bonds. The van der Waals surface area contributed by atoms with Crippen LogP contribution in [0.25, 0.3) is 0 Å². The SMILES string of the molecule is CC(C)[C@H]1CC[C@H](C)C[C@H]1OC(=O)COC(=O)c1ccccc1C(=O)c1ccccc1. The highest BCUT2D eigenvalue weighted by atomic mass is 16.6. The minimum atomic E-state index is -0.714. The van der Waals surface area contributed by atoms with E-state index in [4.69, 9.17) is 9.47 Å². The molecule has 1 aliphatic rings. The molecular weight excluding hydrogens is 392 g/mol. The predicted octanol–water partition coefficient (Wildman–Crippen LogP) is 5.08. The van der Waals surface area contributed by atoms with Gasteiger partial charge in [0.2, 0.25) is 0 Å². The van der Waals surface area contributed by atoms with E-state index < -0.39 is 18.5 Å². The summed E-state index contributed by atoms with van der Waals surface area (Å²) in [6, 6.07) is 15.2. The number of ketones is 1. The van der Waals surface area contributed by atoms with Gasteiger partial charge in [0.25, 0.3) is 0 Å². The van der Waals surface area contributed by atoms with Gasteiger partial charge in [0.15, 0.2) is 12.4 Å². The van der Waals surface area contributed by atoms with E-state index in [9.17, 15) is 14.4 Å². The van der Waals surface area contributed by atoms with Crippen LogP contribution in [0.15, 0.2) is 54.6 Å². The molecule has 0 heterocycles. The number of esters is 2. The van der Waals surface area contributed by atoms with Crippen LogP contribution >= 0.6 is 0 Å². The van der Waals surface area contributed by atoms with Gasteiger partial charge < -0.3 is 9.47 Å². The first-order valence-corrected chi connectivity index (χ1v) is 10.9. The second-order valence-electron chi connectivity index (χ2n) is 8.67. The number of benzene rings is 2. The molecular formula is C26H30O5. The Morgan fingerprint density at radius 2 is 1.58 bits per heavy atom. The molecule has 0 N–H and O–H groups in total. The van der Waals surface area contributed by atoms with Gasteiger partial charge in [-0.2, -0.15) is 0 Å². The third-order valence-electron chi connectivity index (χ3n) is 5.99. The van der Waals surface area contributed by atoms with Gasteiger partial charge in [-0.3, -0.25) is 4.79 Å². The number of ether oxygens (including phenoxy) is 2. The molecule has 2 aromatic carbocycles. The molecule has 2 aromatic rings. The van der Waals surface area contributed by atoms with Crippen molar-refractivity contribution in [2.45, 2.75) is 46.1 Å². The van der Waals surface area contributed by atoms with Gasteiger partial charge in [0.1, 0.15) is 6.10 Å². The van der Waals surface area contributed by atoms with Gasteiger partial charge in [-0.1, -0.05) is 75.7 Å². The standard InChI is InChI=1S/C26H30O5/c1-17(2)20-14-13-18(3)15-23(20)31-24(27)16-30-26(29)22-12-8-7-11-21(22)25(28)19-9-5-4-6-10-19/h4-12,17-18,20,23H,13-16H2,1-3H3/t18-,20+,23+/m0/s1. The minimum Gasteiger partial charge on any atom is -0.460 e. The summed E-state index contributed by atoms with van der Waals surface area (Å²) >= 11 is 0. The molecule has 3 rings (SSSR count). The van der Waals surface area contributed by atoms with Crippen LogP contribution in [0.4, 0.5) is 0 Å². The highest BCUT2D eigenvalue weighted by molar-refractivity contribution is 6.14. The average molecular weight is 423 g/mol. The van der Waals surface area contributed by atoms with E-state index in [1.54, 1.807) is 42.5 Å². The molecule has 0 spiro atoms. The van der Waals surface area contributed by atoms with Gasteiger partial charge in [-0.15, -0.1) is 0 Å². The quantitative estimate of drug-likeness (QED) is 0.460. The zero-order chi connectivity index (χ0) is 22.4. The fourth-order valence-corrected chi connectivity index (χ4v) is 4.26. The van der Waals surface area contributed by atoms with Crippen LogP contribution < -0.4 is 0 Å². The van der Waals surface area contributed by atoms with Crippen molar-refractivity contribution < 1.29 is 23.9 Å². The molecule has 1 saturated carbocycles. The summed E-state index contributed by atoms with van der Waals surface area (Å²) in [5, 5.41) is 0. The summed E-state index contributed by atoms with van der Waals surface area (Å²) in [4.78, 5) is 37.8. The third-order valence-corrected chi connectivity index (χ3v) is 5.99. The Morgan fingerprint density at radius 1 is 0.935 bits per heavy atom. The summed E-state index contributed by atoms with van der Waals surface area (Å²) in [5.74, 6) is -0.291. The fraction of sp³-hybridized carbons (Fsp3) is 0.423. The molecule has 1 aliphatic carbocycles. The van der Waals surface area contributed by atoms with Gasteiger partial charge >= 0.3 is 11.9 Å². The van der Waals surface area contributed by atoms with Gasteiger partial charge in [0, 0.05) is 11.1 Å². The summed E-state index contributed by atoms with van der Waals surface area (Å²) in [7, 11) is 0. The van der Waals surface area contributed by atoms with Crippen molar-refractivity contribution in [3.05, 3.63) is 71.3 Å². The van der Waals surface area contributed by atoms with E-state index in [-0.39, 0.29) is 23.0 Å². The van der Waals surface area contributed by atoms with Crippen LogP contribution in [0.5, 0.6) is 0 Å². The lowest BCUT2D eigenvalue weighted by Gasteiger charge is -2.36. The van der Waals surface area contributed by atoms with Crippen LogP contribution in [0.2, 0.25) is 0 Å². The van der Waals surface area contributed by atoms with E-state index >= 15 is 0 Å². The molecule has 5 nitrogen and oxygen atoms in total. The zero-order valence-corrected chi connectivity index (χ0v) is 18.4. The molecule has 1 fully saturated rings. The van der Waals surface area contributed by atoms with Gasteiger partial charge in [-0.25, -0.2) is 9.59 Å². The van der Waals surface area contributed by atoms with Crippen molar-refractivity contribution >= 4 is 17.7 Å². The first-order valence-electron chi connectivity index (χ1n) is 10.9. The Kier molecular flexibility index (Phi) is 7.61. The van der Waals surface area contributed by atoms with E-state index in [0.717, 1.165) is 19.3 Å². The van der Waals surface area contributed by atoms with E-state index in [0.29, 0.717) is 23.3 Å². The lowest BCUT2D eigenvalue weighted by Crippen LogP contribution is -2.36. The average Bonchev–Trinajstić information content (AvgIpc) is 2.77. The van der Waals surface area contributed by atoms with Crippen molar-refractivity contribution in [3.63, 3.8) is 0 Å². The second kappa shape index (κ2) is 10.4. The lowest BCUT2D eigenvalue weighted by molar-refractivity contribution is -0.159. The first kappa shape index (κ1) is 22.7. The van der Waals surface area contributed by atoms with Crippen molar-refractivity contribution in [1.82, 2.24) is 0 Å². The number of carbonyl (C=O) groups excluding carboxylic acids is 3. The molecule has 0 aliphatic heterocycles. The molecule has 3 atom stereocenters. The Labute approximate surface area is 183 Å². The van der Waals surface area contributed by atoms with Crippen LogP contribution in [-0.4, -0.2) is 30.4 Å². The zero-order valence-electron chi connectivity index (χ0n) is 18.4. The maximum absolute atomic E-state index is 12.8. The molecule has 31 heavy (non-hydrogen) atoms. The maximum Gasteiger partial charge on any atom is 0.344 e. The van der Waals surface area contributed by atoms with E-state index in [1.807, 2.05) is 6.07 Å². The van der Waals surface area contributed by atoms with Gasteiger partial charge in [-0.05, 0) is 36.7 Å². The second-order valence-corrected chi connectivity index (χ2v) is 8.67. The number of carbonyl (C=O) groups is 3. The van der Waals surface area contributed by atoms with Crippen LogP contribution in [0.1, 0.15) is 66.3 Å². The number of hydrogen-bond donors (Lipinski definition) is 0. The molecule has 5 heteroatoms. The number of hydrogen-bond acceptors (Lipinski definition) is 5. The summed E-state index contributed by atoms with van der Waals surface area (Å²) in [5.41, 5.74) is 0.858. The van der Waals surface area contributed by atoms with Gasteiger partial charge in [0.05, 0.1) is 5.56 Å². The van der Waals surface area contributed by atoms with Crippen LogP contribution in [0.3, 0.4) is 0 Å². The molecule has 0 unspecified atom stereocenters. The van der Waals surface area contributed by atoms with Crippen molar-refractivity contribution in [3.8, 4) is 0 Å². The third kappa shape index (κ3) is 5.81. The van der Waals surface area contributed by atoms with Crippen LogP contribution in [0, 0.1) is 17.8 Å². The highest BCUT2D eigenvalue weighted by Gasteiger charge is 2.33. The fourth-order valence-electron chi connectivity index (χ4n) is 4.26. The molecule has 0 radical (unpaired) electrons. The largest absolute Gasteiger partial charge is 0.460 e. The van der Waals surface area contributed by atoms with Crippen molar-refractivity contribution in [2.24, 2.45) is 17.8 Å². The molecule has 0 saturated heterocycles. The van der Waals surface area contributed by atoms with Crippen molar-refractivity contribution in [1.29, 1.82) is 0 Å². The Hall–Kier alpha value is -2.95. The monoisotopic (exact) mass is 422 g/mol. The maximum atomic E-state index is 12.8. The lowest BCUT2D eigenvalue weighted by atomic mass is 9.75. The summed E-state index contributed by atoms with van der Waals surface area (Å²) in [6.45, 7) is 5.98. The minimum absolute atomic E-state index is 0.135. The number of rotatable bonds is 7. The topological polar surface area (TPSA) is 69.7 Å². The normalized spacial score (nSPS) is 20.8. The Morgan fingerprint density at radius 3 is 2.26 bits per heavy atom. The Bertz CT molecular complexity index is 918.